The molecule has 1 atom stereocenters. The van der Waals surface area contributed by atoms with Gasteiger partial charge in [-0.3, -0.25) is 14.4 Å². The number of nitrogens with zero attached hydrogens (tertiary/aromatic N) is 2. The number of nitrogens with one attached hydrogen (secondary N) is 1. The molecule has 2 fully saturated rings. The van der Waals surface area contributed by atoms with Gasteiger partial charge in [0.15, 0.2) is 6.17 Å². The molecule has 3 amide bonds. The number of hydrogen-bond donors (Lipinski definition) is 2. The van der Waals surface area contributed by atoms with Crippen LogP contribution in [0.3, 0.4) is 0 Å². The summed E-state index contributed by atoms with van der Waals surface area (Å²) in [4.78, 5) is 41.9. The Balaban J connectivity index is 1.90. The topological polar surface area (TPSA) is 95.7 Å². The minimum absolute atomic E-state index is 0.148. The molecule has 0 aromatic heterocycles. The lowest BCUT2D eigenvalue weighted by Gasteiger charge is -2.44. The Bertz CT molecular complexity index is 778. The zero-order chi connectivity index (χ0) is 21.7. The maximum Gasteiger partial charge on any atom is 0.263 e. The van der Waals surface area contributed by atoms with Crippen molar-refractivity contribution >= 4 is 17.7 Å². The Morgan fingerprint density at radius 2 is 1.60 bits per heavy atom. The van der Waals surface area contributed by atoms with Gasteiger partial charge in [0, 0.05) is 43.7 Å². The second-order valence-corrected chi connectivity index (χ2v) is 7.83. The molecular formula is C21H28F2N4O3. The minimum Gasteiger partial charge on any atom is -0.351 e. The molecule has 1 heterocycles. The molecule has 1 saturated heterocycles. The van der Waals surface area contributed by atoms with Crippen molar-refractivity contribution in [3.05, 3.63) is 35.4 Å². The standard InChI is InChI=1S/C21H28F2N4O3/c22-16-11-15(12-17(23)13-16)21(30)27-10-4-9-26(19(27)18(28)25-8-7-24)20(29)14-5-2-1-3-6-14/h11-14,19H,1-10,24H2,(H,25,28). The van der Waals surface area contributed by atoms with Crippen molar-refractivity contribution < 1.29 is 23.2 Å². The van der Waals surface area contributed by atoms with E-state index in [2.05, 4.69) is 5.32 Å². The third-order valence-electron chi connectivity index (χ3n) is 5.67. The van der Waals surface area contributed by atoms with Gasteiger partial charge in [-0.05, 0) is 31.4 Å². The molecule has 0 spiro atoms. The van der Waals surface area contributed by atoms with Crippen LogP contribution in [0.15, 0.2) is 18.2 Å². The predicted octanol–water partition coefficient (Wildman–Crippen LogP) is 1.62. The Morgan fingerprint density at radius 3 is 2.23 bits per heavy atom. The van der Waals surface area contributed by atoms with Gasteiger partial charge in [-0.25, -0.2) is 8.78 Å². The van der Waals surface area contributed by atoms with Crippen molar-refractivity contribution in [2.24, 2.45) is 11.7 Å². The molecule has 0 radical (unpaired) electrons. The van der Waals surface area contributed by atoms with Crippen LogP contribution in [0.4, 0.5) is 8.78 Å². The summed E-state index contributed by atoms with van der Waals surface area (Å²) in [6.07, 6.45) is 3.82. The lowest BCUT2D eigenvalue weighted by Crippen LogP contribution is -2.64. The SMILES string of the molecule is NCCNC(=O)C1N(C(=O)c2cc(F)cc(F)c2)CCCN1C(=O)C1CCCCC1. The fraction of sp³-hybridized carbons (Fsp3) is 0.571. The molecule has 2 aliphatic rings. The minimum atomic E-state index is -1.17. The first-order valence-corrected chi connectivity index (χ1v) is 10.5. The van der Waals surface area contributed by atoms with Crippen molar-refractivity contribution in [2.75, 3.05) is 26.2 Å². The first kappa shape index (κ1) is 22.1. The van der Waals surface area contributed by atoms with Gasteiger partial charge in [0.2, 0.25) is 5.91 Å². The highest BCUT2D eigenvalue weighted by Gasteiger charge is 2.42. The Labute approximate surface area is 174 Å². The molecule has 9 heteroatoms. The van der Waals surface area contributed by atoms with Crippen molar-refractivity contribution in [3.8, 4) is 0 Å². The lowest BCUT2D eigenvalue weighted by molar-refractivity contribution is -0.152. The molecule has 164 valence electrons. The van der Waals surface area contributed by atoms with Crippen LogP contribution in [0.1, 0.15) is 48.9 Å². The summed E-state index contributed by atoms with van der Waals surface area (Å²) in [7, 11) is 0. The van der Waals surface area contributed by atoms with E-state index in [-0.39, 0.29) is 37.0 Å². The van der Waals surface area contributed by atoms with Crippen LogP contribution in [-0.2, 0) is 9.59 Å². The molecule has 1 unspecified atom stereocenters. The molecular weight excluding hydrogens is 394 g/mol. The van der Waals surface area contributed by atoms with Crippen molar-refractivity contribution in [3.63, 3.8) is 0 Å². The van der Waals surface area contributed by atoms with Gasteiger partial charge in [0.25, 0.3) is 11.8 Å². The van der Waals surface area contributed by atoms with E-state index in [0.29, 0.717) is 19.0 Å². The lowest BCUT2D eigenvalue weighted by atomic mass is 9.88. The summed E-state index contributed by atoms with van der Waals surface area (Å²) in [5.41, 5.74) is 5.28. The maximum atomic E-state index is 13.7. The molecule has 1 aliphatic heterocycles. The first-order valence-electron chi connectivity index (χ1n) is 10.5. The second-order valence-electron chi connectivity index (χ2n) is 7.83. The van der Waals surface area contributed by atoms with Crippen LogP contribution in [0.2, 0.25) is 0 Å². The van der Waals surface area contributed by atoms with Gasteiger partial charge in [0.05, 0.1) is 0 Å². The van der Waals surface area contributed by atoms with Crippen LogP contribution in [0, 0.1) is 17.6 Å². The van der Waals surface area contributed by atoms with Gasteiger partial charge in [-0.2, -0.15) is 0 Å². The first-order chi connectivity index (χ1) is 14.4. The number of benzene rings is 1. The van der Waals surface area contributed by atoms with Crippen LogP contribution in [-0.4, -0.2) is 59.9 Å². The molecule has 0 bridgehead atoms. The fourth-order valence-corrected chi connectivity index (χ4v) is 4.26. The zero-order valence-corrected chi connectivity index (χ0v) is 16.9. The summed E-state index contributed by atoms with van der Waals surface area (Å²) >= 11 is 0. The highest BCUT2D eigenvalue weighted by atomic mass is 19.1. The second kappa shape index (κ2) is 9.97. The summed E-state index contributed by atoms with van der Waals surface area (Å²) in [5.74, 6) is -3.29. The van der Waals surface area contributed by atoms with Crippen LogP contribution >= 0.6 is 0 Å². The quantitative estimate of drug-likeness (QED) is 0.754. The van der Waals surface area contributed by atoms with Crippen molar-refractivity contribution in [1.29, 1.82) is 0 Å². The highest BCUT2D eigenvalue weighted by Crippen LogP contribution is 2.28. The number of amides is 3. The molecule has 1 aliphatic carbocycles. The van der Waals surface area contributed by atoms with Crippen molar-refractivity contribution in [1.82, 2.24) is 15.1 Å². The fourth-order valence-electron chi connectivity index (χ4n) is 4.26. The average molecular weight is 422 g/mol. The van der Waals surface area contributed by atoms with Gasteiger partial charge < -0.3 is 20.9 Å². The molecule has 1 saturated carbocycles. The van der Waals surface area contributed by atoms with E-state index in [4.69, 9.17) is 5.73 Å². The maximum absolute atomic E-state index is 13.7. The van der Waals surface area contributed by atoms with Crippen LogP contribution < -0.4 is 11.1 Å². The predicted molar refractivity (Wildman–Crippen MR) is 106 cm³/mol. The molecule has 3 N–H and O–H groups in total. The average Bonchev–Trinajstić information content (AvgIpc) is 2.75. The number of halogens is 2. The number of carbonyl (C=O) groups excluding carboxylic acids is 3. The Kier molecular flexibility index (Phi) is 7.36. The molecule has 7 nitrogen and oxygen atoms in total. The van der Waals surface area contributed by atoms with E-state index in [9.17, 15) is 23.2 Å². The van der Waals surface area contributed by atoms with E-state index < -0.39 is 29.6 Å². The van der Waals surface area contributed by atoms with Gasteiger partial charge in [-0.15, -0.1) is 0 Å². The third-order valence-corrected chi connectivity index (χ3v) is 5.67. The monoisotopic (exact) mass is 422 g/mol. The number of hydrogen-bond acceptors (Lipinski definition) is 4. The Morgan fingerprint density at radius 1 is 0.967 bits per heavy atom. The van der Waals surface area contributed by atoms with E-state index >= 15 is 0 Å². The summed E-state index contributed by atoms with van der Waals surface area (Å²) in [5, 5.41) is 2.65. The number of rotatable bonds is 5. The zero-order valence-electron chi connectivity index (χ0n) is 16.9. The van der Waals surface area contributed by atoms with Gasteiger partial charge in [-0.1, -0.05) is 19.3 Å². The van der Waals surface area contributed by atoms with Crippen LogP contribution in [0.5, 0.6) is 0 Å². The summed E-state index contributed by atoms with van der Waals surface area (Å²) in [6, 6.07) is 2.54. The highest BCUT2D eigenvalue weighted by molar-refractivity contribution is 5.99. The van der Waals surface area contributed by atoms with E-state index in [1.54, 1.807) is 0 Å². The smallest absolute Gasteiger partial charge is 0.263 e. The van der Waals surface area contributed by atoms with E-state index in [1.165, 1.54) is 9.80 Å². The molecule has 1 aromatic rings. The normalized spacial score (nSPS) is 20.2. The molecule has 30 heavy (non-hydrogen) atoms. The number of nitrogens with two attached hydrogens (primary N) is 1. The molecule has 3 rings (SSSR count). The summed E-state index contributed by atoms with van der Waals surface area (Å²) < 4.78 is 27.3. The van der Waals surface area contributed by atoms with Gasteiger partial charge in [0.1, 0.15) is 11.6 Å². The largest absolute Gasteiger partial charge is 0.351 e. The Hall–Kier alpha value is -2.55. The van der Waals surface area contributed by atoms with Crippen molar-refractivity contribution in [2.45, 2.75) is 44.7 Å². The third kappa shape index (κ3) is 4.95. The van der Waals surface area contributed by atoms with E-state index in [0.717, 1.165) is 44.2 Å². The van der Waals surface area contributed by atoms with Gasteiger partial charge >= 0.3 is 0 Å². The van der Waals surface area contributed by atoms with Crippen LogP contribution in [0.25, 0.3) is 0 Å². The number of carbonyl (C=O) groups is 3. The van der Waals surface area contributed by atoms with E-state index in [1.807, 2.05) is 0 Å². The summed E-state index contributed by atoms with van der Waals surface area (Å²) in [6.45, 7) is 0.943. The molecule has 1 aromatic carbocycles.